The standard InChI is InChI=1S/C16H17NO5/c1-20-14-8-10(12-9-15(16(18)19)22-17-12)6-7-13(14)21-11-4-2-3-5-11/h6-9,11H,2-5H2,1H3,(H,18,19). The number of nitrogens with zero attached hydrogens (tertiary/aromatic N) is 1. The van der Waals surface area contributed by atoms with Crippen LogP contribution >= 0.6 is 0 Å². The number of methoxy groups -OCH3 is 1. The van der Waals surface area contributed by atoms with Gasteiger partial charge in [-0.05, 0) is 43.9 Å². The van der Waals surface area contributed by atoms with E-state index in [4.69, 9.17) is 19.1 Å². The Morgan fingerprint density at radius 1 is 1.27 bits per heavy atom. The van der Waals surface area contributed by atoms with Gasteiger partial charge >= 0.3 is 5.97 Å². The molecule has 1 heterocycles. The molecule has 0 aliphatic heterocycles. The van der Waals surface area contributed by atoms with Crippen molar-refractivity contribution in [1.82, 2.24) is 5.16 Å². The monoisotopic (exact) mass is 303 g/mol. The van der Waals surface area contributed by atoms with E-state index in [1.807, 2.05) is 12.1 Å². The molecular weight excluding hydrogens is 286 g/mol. The number of carboxylic acid groups (broad SMARTS) is 1. The number of carbonyl (C=O) groups is 1. The highest BCUT2D eigenvalue weighted by molar-refractivity contribution is 5.85. The number of carboxylic acids is 1. The van der Waals surface area contributed by atoms with Crippen molar-refractivity contribution in [3.63, 3.8) is 0 Å². The van der Waals surface area contributed by atoms with Gasteiger partial charge in [0.2, 0.25) is 5.76 Å². The molecule has 0 atom stereocenters. The highest BCUT2D eigenvalue weighted by atomic mass is 16.5. The molecule has 1 aliphatic carbocycles. The molecule has 1 aliphatic rings. The zero-order valence-corrected chi connectivity index (χ0v) is 12.2. The van der Waals surface area contributed by atoms with E-state index in [0.717, 1.165) is 12.8 Å². The van der Waals surface area contributed by atoms with Gasteiger partial charge in [0.15, 0.2) is 11.5 Å². The van der Waals surface area contributed by atoms with Crippen LogP contribution in [0, 0.1) is 0 Å². The van der Waals surface area contributed by atoms with Crippen molar-refractivity contribution in [1.29, 1.82) is 0 Å². The zero-order valence-electron chi connectivity index (χ0n) is 12.2. The van der Waals surface area contributed by atoms with Crippen molar-refractivity contribution in [2.75, 3.05) is 7.11 Å². The molecule has 3 rings (SSSR count). The fraction of sp³-hybridized carbons (Fsp3) is 0.375. The molecule has 0 spiro atoms. The minimum atomic E-state index is -1.15. The SMILES string of the molecule is COc1cc(-c2cc(C(=O)O)on2)ccc1OC1CCCC1. The summed E-state index contributed by atoms with van der Waals surface area (Å²) < 4.78 is 16.1. The van der Waals surface area contributed by atoms with Gasteiger partial charge in [-0.3, -0.25) is 0 Å². The molecule has 1 aromatic carbocycles. The molecule has 1 fully saturated rings. The number of aromatic carboxylic acids is 1. The van der Waals surface area contributed by atoms with E-state index < -0.39 is 5.97 Å². The largest absolute Gasteiger partial charge is 0.493 e. The second-order valence-electron chi connectivity index (χ2n) is 5.27. The van der Waals surface area contributed by atoms with Crippen molar-refractivity contribution in [2.45, 2.75) is 31.8 Å². The topological polar surface area (TPSA) is 81.8 Å². The average Bonchev–Trinajstić information content (AvgIpc) is 3.18. The van der Waals surface area contributed by atoms with E-state index in [9.17, 15) is 4.79 Å². The number of aromatic nitrogens is 1. The fourth-order valence-corrected chi connectivity index (χ4v) is 2.62. The van der Waals surface area contributed by atoms with Gasteiger partial charge < -0.3 is 19.1 Å². The third-order valence-corrected chi connectivity index (χ3v) is 3.78. The molecule has 0 unspecified atom stereocenters. The number of hydrogen-bond donors (Lipinski definition) is 1. The molecule has 2 aromatic rings. The normalized spacial score (nSPS) is 15.0. The number of rotatable bonds is 5. The molecule has 0 amide bonds. The van der Waals surface area contributed by atoms with Crippen LogP contribution in [0.5, 0.6) is 11.5 Å². The molecule has 22 heavy (non-hydrogen) atoms. The van der Waals surface area contributed by atoms with Crippen LogP contribution in [-0.4, -0.2) is 29.4 Å². The molecule has 1 N–H and O–H groups in total. The Kier molecular flexibility index (Phi) is 4.00. The van der Waals surface area contributed by atoms with Crippen LogP contribution in [0.1, 0.15) is 36.2 Å². The van der Waals surface area contributed by atoms with Gasteiger partial charge in [-0.1, -0.05) is 5.16 Å². The maximum atomic E-state index is 10.8. The molecular formula is C16H17NO5. The Morgan fingerprint density at radius 3 is 2.68 bits per heavy atom. The smallest absolute Gasteiger partial charge is 0.374 e. The summed E-state index contributed by atoms with van der Waals surface area (Å²) in [5.74, 6) is -0.0449. The summed E-state index contributed by atoms with van der Waals surface area (Å²) in [6.07, 6.45) is 4.77. The lowest BCUT2D eigenvalue weighted by Gasteiger charge is -2.16. The fourth-order valence-electron chi connectivity index (χ4n) is 2.62. The summed E-state index contributed by atoms with van der Waals surface area (Å²) in [5, 5.41) is 12.6. The first-order chi connectivity index (χ1) is 10.7. The van der Waals surface area contributed by atoms with E-state index in [1.165, 1.54) is 18.9 Å². The van der Waals surface area contributed by atoms with E-state index >= 15 is 0 Å². The summed E-state index contributed by atoms with van der Waals surface area (Å²) in [4.78, 5) is 10.8. The Morgan fingerprint density at radius 2 is 2.05 bits per heavy atom. The van der Waals surface area contributed by atoms with Gasteiger partial charge in [0.05, 0.1) is 13.2 Å². The van der Waals surface area contributed by atoms with Gasteiger partial charge in [-0.15, -0.1) is 0 Å². The van der Waals surface area contributed by atoms with Crippen LogP contribution in [0.25, 0.3) is 11.3 Å². The van der Waals surface area contributed by atoms with E-state index in [-0.39, 0.29) is 11.9 Å². The minimum absolute atomic E-state index is 0.194. The minimum Gasteiger partial charge on any atom is -0.493 e. The second-order valence-corrected chi connectivity index (χ2v) is 5.27. The van der Waals surface area contributed by atoms with Gasteiger partial charge in [0.1, 0.15) is 5.69 Å². The van der Waals surface area contributed by atoms with Crippen LogP contribution in [0.15, 0.2) is 28.8 Å². The molecule has 0 radical (unpaired) electrons. The first-order valence-electron chi connectivity index (χ1n) is 7.22. The first-order valence-corrected chi connectivity index (χ1v) is 7.22. The molecule has 1 saturated carbocycles. The van der Waals surface area contributed by atoms with Crippen molar-refractivity contribution < 1.29 is 23.9 Å². The average molecular weight is 303 g/mol. The maximum Gasteiger partial charge on any atom is 0.374 e. The van der Waals surface area contributed by atoms with E-state index in [1.54, 1.807) is 13.2 Å². The molecule has 6 heteroatoms. The van der Waals surface area contributed by atoms with Crippen molar-refractivity contribution >= 4 is 5.97 Å². The summed E-state index contributed by atoms with van der Waals surface area (Å²) in [6, 6.07) is 6.79. The Bertz CT molecular complexity index is 673. The van der Waals surface area contributed by atoms with Gasteiger partial charge in [0.25, 0.3) is 0 Å². The maximum absolute atomic E-state index is 10.8. The zero-order chi connectivity index (χ0) is 15.5. The van der Waals surface area contributed by atoms with Crippen LogP contribution in [0.2, 0.25) is 0 Å². The van der Waals surface area contributed by atoms with Crippen LogP contribution in [0.4, 0.5) is 0 Å². The molecule has 0 saturated heterocycles. The van der Waals surface area contributed by atoms with Crippen LogP contribution in [0.3, 0.4) is 0 Å². The highest BCUT2D eigenvalue weighted by Crippen LogP contribution is 2.35. The predicted octanol–water partition coefficient (Wildman–Crippen LogP) is 3.37. The Hall–Kier alpha value is -2.50. The number of hydrogen-bond acceptors (Lipinski definition) is 5. The Balaban J connectivity index is 1.85. The summed E-state index contributed by atoms with van der Waals surface area (Å²) in [6.45, 7) is 0. The quantitative estimate of drug-likeness (QED) is 0.912. The first kappa shape index (κ1) is 14.4. The van der Waals surface area contributed by atoms with E-state index in [2.05, 4.69) is 5.16 Å². The summed E-state index contributed by atoms with van der Waals surface area (Å²) in [7, 11) is 1.58. The Labute approximate surface area is 127 Å². The molecule has 1 aromatic heterocycles. The summed E-state index contributed by atoms with van der Waals surface area (Å²) >= 11 is 0. The second kappa shape index (κ2) is 6.09. The lowest BCUT2D eigenvalue weighted by atomic mass is 10.1. The van der Waals surface area contributed by atoms with Gasteiger partial charge in [-0.2, -0.15) is 0 Å². The van der Waals surface area contributed by atoms with Crippen molar-refractivity contribution in [3.8, 4) is 22.8 Å². The lowest BCUT2D eigenvalue weighted by molar-refractivity contribution is 0.0652. The summed E-state index contributed by atoms with van der Waals surface area (Å²) in [5.41, 5.74) is 1.16. The predicted molar refractivity (Wildman–Crippen MR) is 78.3 cm³/mol. The molecule has 6 nitrogen and oxygen atoms in total. The van der Waals surface area contributed by atoms with Crippen molar-refractivity contribution in [3.05, 3.63) is 30.0 Å². The molecule has 116 valence electrons. The molecule has 0 bridgehead atoms. The third-order valence-electron chi connectivity index (χ3n) is 3.78. The van der Waals surface area contributed by atoms with Crippen molar-refractivity contribution in [2.24, 2.45) is 0 Å². The number of benzene rings is 1. The third kappa shape index (κ3) is 2.90. The van der Waals surface area contributed by atoms with Gasteiger partial charge in [0, 0.05) is 11.6 Å². The van der Waals surface area contributed by atoms with E-state index in [0.29, 0.717) is 22.8 Å². The lowest BCUT2D eigenvalue weighted by Crippen LogP contribution is -2.11. The van der Waals surface area contributed by atoms with Crippen LogP contribution < -0.4 is 9.47 Å². The number of ether oxygens (including phenoxy) is 2. The highest BCUT2D eigenvalue weighted by Gasteiger charge is 2.19. The van der Waals surface area contributed by atoms with Crippen LogP contribution in [-0.2, 0) is 0 Å². The van der Waals surface area contributed by atoms with Gasteiger partial charge in [-0.25, -0.2) is 4.79 Å².